The number of amides is 1. The van der Waals surface area contributed by atoms with Gasteiger partial charge in [-0.2, -0.15) is 0 Å². The first-order valence-corrected chi connectivity index (χ1v) is 7.77. The van der Waals surface area contributed by atoms with Crippen LogP contribution in [0.4, 0.5) is 0 Å². The molecule has 0 saturated heterocycles. The first kappa shape index (κ1) is 17.7. The molecule has 1 aromatic rings. The van der Waals surface area contributed by atoms with Crippen LogP contribution in [0, 0.1) is 12.8 Å². The Kier molecular flexibility index (Phi) is 6.92. The highest BCUT2D eigenvalue weighted by atomic mass is 16.4. The maximum Gasteiger partial charge on any atom is 0.301 e. The molecule has 0 spiro atoms. The molecule has 0 unspecified atom stereocenters. The van der Waals surface area contributed by atoms with Crippen molar-refractivity contribution < 1.29 is 9.21 Å². The average molecular weight is 295 g/mol. The van der Waals surface area contributed by atoms with Gasteiger partial charge in [-0.15, -0.1) is 0 Å². The number of furan rings is 1. The summed E-state index contributed by atoms with van der Waals surface area (Å²) in [5.41, 5.74) is 2.94. The Hall–Kier alpha value is -1.33. The summed E-state index contributed by atoms with van der Waals surface area (Å²) >= 11 is 0. The average Bonchev–Trinajstić information content (AvgIpc) is 2.79. The molecule has 5 heteroatoms. The van der Waals surface area contributed by atoms with Gasteiger partial charge in [-0.3, -0.25) is 15.1 Å². The van der Waals surface area contributed by atoms with Crippen molar-refractivity contribution in [2.75, 3.05) is 6.54 Å². The van der Waals surface area contributed by atoms with Crippen molar-refractivity contribution in [3.63, 3.8) is 0 Å². The smallest absolute Gasteiger partial charge is 0.301 e. The Bertz CT molecular complexity index is 450. The van der Waals surface area contributed by atoms with Crippen LogP contribution in [0.5, 0.6) is 0 Å². The second-order valence-corrected chi connectivity index (χ2v) is 5.99. The number of hydrogen-bond acceptors (Lipinski definition) is 4. The number of aryl methyl sites for hydroxylation is 1. The molecule has 5 nitrogen and oxygen atoms in total. The summed E-state index contributed by atoms with van der Waals surface area (Å²) in [6, 6.07) is 2.46. The molecule has 0 atom stereocenters. The van der Waals surface area contributed by atoms with E-state index in [4.69, 9.17) is 10.3 Å². The van der Waals surface area contributed by atoms with E-state index in [1.807, 2.05) is 13.0 Å². The number of hydrazine groups is 1. The molecule has 0 radical (unpaired) electrons. The first-order chi connectivity index (χ1) is 9.92. The van der Waals surface area contributed by atoms with Crippen LogP contribution in [-0.4, -0.2) is 23.4 Å². The number of nitrogens with one attached hydrogen (secondary N) is 1. The van der Waals surface area contributed by atoms with Crippen LogP contribution in [0.25, 0.3) is 0 Å². The maximum absolute atomic E-state index is 11.6. The van der Waals surface area contributed by atoms with Crippen LogP contribution in [0.15, 0.2) is 10.5 Å². The molecule has 1 rings (SSSR count). The van der Waals surface area contributed by atoms with E-state index in [-0.39, 0.29) is 5.91 Å². The summed E-state index contributed by atoms with van der Waals surface area (Å²) in [6.45, 7) is 12.5. The third-order valence-electron chi connectivity index (χ3n) is 3.72. The molecule has 120 valence electrons. The van der Waals surface area contributed by atoms with Crippen LogP contribution < -0.4 is 11.3 Å². The Balaban J connectivity index is 2.90. The van der Waals surface area contributed by atoms with E-state index < -0.39 is 0 Å². The number of nitrogens with zero attached hydrogens (tertiary/aromatic N) is 1. The van der Waals surface area contributed by atoms with E-state index in [1.165, 1.54) is 0 Å². The van der Waals surface area contributed by atoms with Gasteiger partial charge in [-0.25, -0.2) is 5.84 Å². The van der Waals surface area contributed by atoms with E-state index >= 15 is 0 Å². The molecule has 0 fully saturated rings. The van der Waals surface area contributed by atoms with Gasteiger partial charge in [0.15, 0.2) is 5.76 Å². The van der Waals surface area contributed by atoms with Crippen molar-refractivity contribution >= 4 is 5.91 Å². The van der Waals surface area contributed by atoms with E-state index in [0.717, 1.165) is 37.3 Å². The predicted molar refractivity (Wildman–Crippen MR) is 84.7 cm³/mol. The lowest BCUT2D eigenvalue weighted by atomic mass is 10.1. The predicted octanol–water partition coefficient (Wildman–Crippen LogP) is 2.84. The summed E-state index contributed by atoms with van der Waals surface area (Å²) in [4.78, 5) is 14.1. The van der Waals surface area contributed by atoms with Gasteiger partial charge in [0.2, 0.25) is 0 Å². The minimum Gasteiger partial charge on any atom is -0.454 e. The van der Waals surface area contributed by atoms with Crippen molar-refractivity contribution in [3.05, 3.63) is 23.2 Å². The van der Waals surface area contributed by atoms with E-state index in [1.54, 1.807) is 0 Å². The van der Waals surface area contributed by atoms with Crippen LogP contribution in [0.1, 0.15) is 62.4 Å². The highest BCUT2D eigenvalue weighted by molar-refractivity contribution is 5.92. The van der Waals surface area contributed by atoms with Gasteiger partial charge < -0.3 is 4.42 Å². The third kappa shape index (κ3) is 4.86. The minimum absolute atomic E-state index is 0.307. The van der Waals surface area contributed by atoms with Crippen molar-refractivity contribution in [3.8, 4) is 0 Å². The number of rotatable bonds is 8. The van der Waals surface area contributed by atoms with Gasteiger partial charge in [0, 0.05) is 18.2 Å². The van der Waals surface area contributed by atoms with E-state index in [2.05, 4.69) is 38.0 Å². The fourth-order valence-corrected chi connectivity index (χ4v) is 2.73. The molecule has 0 aliphatic heterocycles. The highest BCUT2D eigenvalue weighted by Crippen LogP contribution is 2.20. The molecule has 0 aromatic carbocycles. The number of hydrogen-bond donors (Lipinski definition) is 2. The summed E-state index contributed by atoms with van der Waals surface area (Å²) in [6.07, 6.45) is 2.22. The summed E-state index contributed by atoms with van der Waals surface area (Å²) in [5, 5.41) is 0. The monoisotopic (exact) mass is 295 g/mol. The first-order valence-electron chi connectivity index (χ1n) is 7.77. The standard InChI is InChI=1S/C16H29N3O2/c1-6-13(7-2)19(9-11(3)4)10-14-8-12(5)15(21-14)16(20)18-17/h8,11,13H,6-7,9-10,17H2,1-5H3,(H,18,20). The SMILES string of the molecule is CCC(CC)N(Cc1cc(C)c(C(=O)NN)o1)CC(C)C. The Morgan fingerprint density at radius 2 is 2.00 bits per heavy atom. The van der Waals surface area contributed by atoms with Crippen LogP contribution >= 0.6 is 0 Å². The van der Waals surface area contributed by atoms with Gasteiger partial charge in [-0.05, 0) is 31.7 Å². The van der Waals surface area contributed by atoms with Crippen LogP contribution in [0.2, 0.25) is 0 Å². The lowest BCUT2D eigenvalue weighted by molar-refractivity contribution is 0.0917. The maximum atomic E-state index is 11.6. The number of carbonyl (C=O) groups excluding carboxylic acids is 1. The summed E-state index contributed by atoms with van der Waals surface area (Å²) in [5.74, 6) is 6.51. The molecule has 1 amide bonds. The van der Waals surface area contributed by atoms with Crippen LogP contribution in [0.3, 0.4) is 0 Å². The zero-order valence-electron chi connectivity index (χ0n) is 13.9. The minimum atomic E-state index is -0.378. The molecule has 0 saturated carbocycles. The molecule has 1 heterocycles. The van der Waals surface area contributed by atoms with Gasteiger partial charge in [0.05, 0.1) is 6.54 Å². The van der Waals surface area contributed by atoms with Gasteiger partial charge in [0.1, 0.15) is 5.76 Å². The fourth-order valence-electron chi connectivity index (χ4n) is 2.73. The summed E-state index contributed by atoms with van der Waals surface area (Å²) < 4.78 is 5.68. The molecule has 1 aromatic heterocycles. The molecule has 0 bridgehead atoms. The van der Waals surface area contributed by atoms with E-state index in [0.29, 0.717) is 17.7 Å². The number of carbonyl (C=O) groups is 1. The zero-order chi connectivity index (χ0) is 16.0. The molecule has 0 aliphatic carbocycles. The quantitative estimate of drug-likeness (QED) is 0.439. The van der Waals surface area contributed by atoms with Crippen molar-refractivity contribution in [1.82, 2.24) is 10.3 Å². The Morgan fingerprint density at radius 3 is 2.48 bits per heavy atom. The molecular formula is C16H29N3O2. The lowest BCUT2D eigenvalue weighted by Crippen LogP contribution is -2.36. The highest BCUT2D eigenvalue weighted by Gasteiger charge is 2.20. The molecule has 3 N–H and O–H groups in total. The van der Waals surface area contributed by atoms with Crippen molar-refractivity contribution in [1.29, 1.82) is 0 Å². The molecule has 21 heavy (non-hydrogen) atoms. The second kappa shape index (κ2) is 8.20. The Morgan fingerprint density at radius 1 is 1.38 bits per heavy atom. The van der Waals surface area contributed by atoms with Crippen molar-refractivity contribution in [2.24, 2.45) is 11.8 Å². The lowest BCUT2D eigenvalue weighted by Gasteiger charge is -2.31. The zero-order valence-corrected chi connectivity index (χ0v) is 13.9. The normalized spacial score (nSPS) is 11.7. The fraction of sp³-hybridized carbons (Fsp3) is 0.688. The van der Waals surface area contributed by atoms with Gasteiger partial charge >= 0.3 is 5.91 Å². The van der Waals surface area contributed by atoms with Crippen molar-refractivity contribution in [2.45, 2.75) is 60.0 Å². The van der Waals surface area contributed by atoms with Gasteiger partial charge in [-0.1, -0.05) is 27.7 Å². The van der Waals surface area contributed by atoms with Crippen LogP contribution in [-0.2, 0) is 6.54 Å². The number of nitrogen functional groups attached to an aromatic ring is 1. The Labute approximate surface area is 127 Å². The molecule has 0 aliphatic rings. The second-order valence-electron chi connectivity index (χ2n) is 5.99. The topological polar surface area (TPSA) is 71.5 Å². The third-order valence-corrected chi connectivity index (χ3v) is 3.72. The largest absolute Gasteiger partial charge is 0.454 e. The van der Waals surface area contributed by atoms with Gasteiger partial charge in [0.25, 0.3) is 0 Å². The molecular weight excluding hydrogens is 266 g/mol. The summed E-state index contributed by atoms with van der Waals surface area (Å²) in [7, 11) is 0. The number of nitrogens with two attached hydrogens (primary N) is 1. The van der Waals surface area contributed by atoms with E-state index in [9.17, 15) is 4.79 Å².